The Labute approximate surface area is 130 Å². The van der Waals surface area contributed by atoms with Crippen LogP contribution in [0.3, 0.4) is 0 Å². The molecule has 0 aliphatic rings. The summed E-state index contributed by atoms with van der Waals surface area (Å²) in [6.45, 7) is 2.47. The number of aliphatic carboxylic acids is 1. The van der Waals surface area contributed by atoms with Crippen molar-refractivity contribution < 1.29 is 14.7 Å². The first-order chi connectivity index (χ1) is 10.1. The molecule has 7 heteroatoms. The third-order valence-corrected chi connectivity index (χ3v) is 4.66. The van der Waals surface area contributed by atoms with Crippen LogP contribution in [-0.4, -0.2) is 22.0 Å². The minimum absolute atomic E-state index is 0.186. The van der Waals surface area contributed by atoms with Crippen LogP contribution in [0.2, 0.25) is 0 Å². The Morgan fingerprint density at radius 1 is 1.48 bits per heavy atom. The van der Waals surface area contributed by atoms with E-state index in [-0.39, 0.29) is 5.91 Å². The van der Waals surface area contributed by atoms with E-state index in [0.29, 0.717) is 12.1 Å². The van der Waals surface area contributed by atoms with Gasteiger partial charge < -0.3 is 10.4 Å². The van der Waals surface area contributed by atoms with Gasteiger partial charge in [-0.05, 0) is 18.6 Å². The van der Waals surface area contributed by atoms with Gasteiger partial charge in [0.15, 0.2) is 0 Å². The Hall–Kier alpha value is -1.99. The van der Waals surface area contributed by atoms with Crippen molar-refractivity contribution in [1.29, 1.82) is 0 Å². The molecule has 2 heterocycles. The molecule has 2 rings (SSSR count). The minimum atomic E-state index is -1.01. The number of nitrogens with zero attached hydrogens (tertiary/aromatic N) is 1. The third kappa shape index (κ3) is 4.51. The Morgan fingerprint density at radius 3 is 2.95 bits per heavy atom. The van der Waals surface area contributed by atoms with E-state index in [4.69, 9.17) is 5.11 Å². The van der Waals surface area contributed by atoms with Gasteiger partial charge in [-0.15, -0.1) is 22.7 Å². The first-order valence-electron chi connectivity index (χ1n) is 6.29. The van der Waals surface area contributed by atoms with Crippen LogP contribution in [0, 0.1) is 0 Å². The molecule has 2 aromatic rings. The van der Waals surface area contributed by atoms with E-state index in [9.17, 15) is 9.59 Å². The molecule has 0 aromatic carbocycles. The van der Waals surface area contributed by atoms with E-state index >= 15 is 0 Å². The van der Waals surface area contributed by atoms with Crippen molar-refractivity contribution in [2.45, 2.75) is 19.9 Å². The van der Waals surface area contributed by atoms with Gasteiger partial charge in [0.25, 0.3) is 5.91 Å². The lowest BCUT2D eigenvalue weighted by molar-refractivity contribution is -0.131. The first-order valence-corrected chi connectivity index (χ1v) is 7.99. The van der Waals surface area contributed by atoms with E-state index in [2.05, 4.69) is 17.2 Å². The lowest BCUT2D eigenvalue weighted by atomic mass is 10.3. The average molecular weight is 322 g/mol. The fourth-order valence-electron chi connectivity index (χ4n) is 1.56. The normalized spacial score (nSPS) is 10.9. The summed E-state index contributed by atoms with van der Waals surface area (Å²) in [5.41, 5.74) is 0.525. The summed E-state index contributed by atoms with van der Waals surface area (Å²) in [4.78, 5) is 28.6. The highest BCUT2D eigenvalue weighted by Crippen LogP contribution is 2.17. The number of carboxylic acids is 1. The summed E-state index contributed by atoms with van der Waals surface area (Å²) in [5, 5.41) is 13.9. The number of thiophene rings is 1. The van der Waals surface area contributed by atoms with E-state index in [1.54, 1.807) is 22.8 Å². The Bertz CT molecular complexity index is 673. The maximum atomic E-state index is 12.0. The third-order valence-electron chi connectivity index (χ3n) is 2.62. The van der Waals surface area contributed by atoms with E-state index < -0.39 is 5.97 Å². The largest absolute Gasteiger partial charge is 0.478 e. The molecule has 0 atom stereocenters. The number of hydrogen-bond acceptors (Lipinski definition) is 5. The topological polar surface area (TPSA) is 79.3 Å². The van der Waals surface area contributed by atoms with Gasteiger partial charge >= 0.3 is 5.97 Å². The van der Waals surface area contributed by atoms with Gasteiger partial charge in [0.1, 0.15) is 5.01 Å². The molecular formula is C14H14N2O3S2. The van der Waals surface area contributed by atoms with E-state index in [1.165, 1.54) is 22.3 Å². The van der Waals surface area contributed by atoms with Crippen LogP contribution < -0.4 is 5.32 Å². The first kappa shape index (κ1) is 15.4. The number of carbonyl (C=O) groups is 2. The van der Waals surface area contributed by atoms with Crippen molar-refractivity contribution in [2.24, 2.45) is 0 Å². The van der Waals surface area contributed by atoms with Crippen LogP contribution in [-0.2, 0) is 17.8 Å². The van der Waals surface area contributed by atoms with Crippen LogP contribution in [0.5, 0.6) is 0 Å². The predicted molar refractivity (Wildman–Crippen MR) is 83.7 cm³/mol. The Morgan fingerprint density at radius 2 is 2.29 bits per heavy atom. The molecule has 110 valence electrons. The SMILES string of the molecule is CCc1cnc(CNC(=O)c2csc(/C=C/C(=O)O)c2)s1. The van der Waals surface area contributed by atoms with Gasteiger partial charge in [-0.3, -0.25) is 4.79 Å². The maximum absolute atomic E-state index is 12.0. The van der Waals surface area contributed by atoms with Crippen LogP contribution in [0.1, 0.15) is 32.0 Å². The summed E-state index contributed by atoms with van der Waals surface area (Å²) in [5.74, 6) is -1.20. The standard InChI is InChI=1S/C14H14N2O3S2/c1-2-10-6-15-12(21-10)7-16-14(19)9-5-11(20-8-9)3-4-13(17)18/h3-6,8H,2,7H2,1H3,(H,16,19)(H,17,18)/b4-3+. The van der Waals surface area contributed by atoms with Crippen LogP contribution in [0.4, 0.5) is 0 Å². The zero-order valence-electron chi connectivity index (χ0n) is 11.3. The molecule has 0 fully saturated rings. The molecule has 21 heavy (non-hydrogen) atoms. The lowest BCUT2D eigenvalue weighted by Crippen LogP contribution is -2.22. The van der Waals surface area contributed by atoms with Gasteiger partial charge in [0, 0.05) is 27.4 Å². The van der Waals surface area contributed by atoms with Crippen molar-refractivity contribution in [2.75, 3.05) is 0 Å². The number of rotatable bonds is 6. The summed E-state index contributed by atoms with van der Waals surface area (Å²) in [6.07, 6.45) is 5.29. The number of aromatic nitrogens is 1. The van der Waals surface area contributed by atoms with Crippen molar-refractivity contribution in [3.05, 3.63) is 44.0 Å². The highest BCUT2D eigenvalue weighted by Gasteiger charge is 2.09. The minimum Gasteiger partial charge on any atom is -0.478 e. The van der Waals surface area contributed by atoms with Crippen LogP contribution in [0.25, 0.3) is 6.08 Å². The quantitative estimate of drug-likeness (QED) is 0.802. The number of carboxylic acid groups (broad SMARTS) is 1. The second kappa shape index (κ2) is 7.14. The van der Waals surface area contributed by atoms with Crippen molar-refractivity contribution in [3.63, 3.8) is 0 Å². The molecule has 1 amide bonds. The zero-order chi connectivity index (χ0) is 15.2. The monoisotopic (exact) mass is 322 g/mol. The second-order valence-electron chi connectivity index (χ2n) is 4.17. The highest BCUT2D eigenvalue weighted by atomic mass is 32.1. The van der Waals surface area contributed by atoms with Gasteiger partial charge in [-0.25, -0.2) is 9.78 Å². The van der Waals surface area contributed by atoms with Crippen LogP contribution in [0.15, 0.2) is 23.7 Å². The number of carbonyl (C=O) groups excluding carboxylic acids is 1. The number of aryl methyl sites for hydroxylation is 1. The van der Waals surface area contributed by atoms with Crippen LogP contribution >= 0.6 is 22.7 Å². The molecule has 5 nitrogen and oxygen atoms in total. The summed E-state index contributed by atoms with van der Waals surface area (Å²) < 4.78 is 0. The molecular weight excluding hydrogens is 308 g/mol. The lowest BCUT2D eigenvalue weighted by Gasteiger charge is -2.00. The fraction of sp³-hybridized carbons (Fsp3) is 0.214. The average Bonchev–Trinajstić information content (AvgIpc) is 3.11. The predicted octanol–water partition coefficient (Wildman–Crippen LogP) is 2.79. The zero-order valence-corrected chi connectivity index (χ0v) is 13.0. The number of thiazole rings is 1. The summed E-state index contributed by atoms with van der Waals surface area (Å²) in [7, 11) is 0. The summed E-state index contributed by atoms with van der Waals surface area (Å²) >= 11 is 2.91. The van der Waals surface area contributed by atoms with Gasteiger partial charge in [0.2, 0.25) is 0 Å². The number of hydrogen-bond donors (Lipinski definition) is 2. The highest BCUT2D eigenvalue weighted by molar-refractivity contribution is 7.11. The maximum Gasteiger partial charge on any atom is 0.328 e. The molecule has 0 aliphatic heterocycles. The Kier molecular flexibility index (Phi) is 5.24. The molecule has 0 aliphatic carbocycles. The molecule has 2 N–H and O–H groups in total. The van der Waals surface area contributed by atoms with E-state index in [0.717, 1.165) is 22.4 Å². The molecule has 2 aromatic heterocycles. The number of amides is 1. The molecule has 0 saturated carbocycles. The van der Waals surface area contributed by atoms with Gasteiger partial charge in [-0.1, -0.05) is 6.92 Å². The van der Waals surface area contributed by atoms with E-state index in [1.807, 2.05) is 6.20 Å². The number of nitrogens with one attached hydrogen (secondary N) is 1. The second-order valence-corrected chi connectivity index (χ2v) is 6.31. The Balaban J connectivity index is 1.92. The van der Waals surface area contributed by atoms with Gasteiger partial charge in [0.05, 0.1) is 12.1 Å². The van der Waals surface area contributed by atoms with Crippen molar-refractivity contribution in [3.8, 4) is 0 Å². The van der Waals surface area contributed by atoms with Gasteiger partial charge in [-0.2, -0.15) is 0 Å². The molecule has 0 spiro atoms. The molecule has 0 radical (unpaired) electrons. The smallest absolute Gasteiger partial charge is 0.328 e. The fourth-order valence-corrected chi connectivity index (χ4v) is 3.15. The van der Waals surface area contributed by atoms with Crippen molar-refractivity contribution >= 4 is 40.6 Å². The summed E-state index contributed by atoms with van der Waals surface area (Å²) in [6, 6.07) is 1.67. The molecule has 0 bridgehead atoms. The van der Waals surface area contributed by atoms with Crippen molar-refractivity contribution in [1.82, 2.24) is 10.3 Å². The molecule has 0 saturated heterocycles. The molecule has 0 unspecified atom stereocenters.